The van der Waals surface area contributed by atoms with E-state index in [1.165, 1.54) is 0 Å². The number of carbonyl (C=O) groups excluding carboxylic acids is 1. The van der Waals surface area contributed by atoms with Gasteiger partial charge in [0, 0.05) is 6.07 Å². The van der Waals surface area contributed by atoms with Crippen LogP contribution in [-0.4, -0.2) is 11.0 Å². The summed E-state index contributed by atoms with van der Waals surface area (Å²) in [5.41, 5.74) is -1.81. The molecule has 0 N–H and O–H groups in total. The molecule has 0 fully saturated rings. The van der Waals surface area contributed by atoms with Gasteiger partial charge in [0.25, 0.3) is 0 Å². The van der Waals surface area contributed by atoms with Crippen molar-refractivity contribution in [3.05, 3.63) is 33.9 Å². The van der Waals surface area contributed by atoms with E-state index in [0.29, 0.717) is 12.1 Å². The molecule has 5 nitrogen and oxygen atoms in total. The molecule has 0 heterocycles. The van der Waals surface area contributed by atoms with Gasteiger partial charge in [0.05, 0.1) is 11.0 Å². The van der Waals surface area contributed by atoms with E-state index in [0.717, 1.165) is 6.08 Å². The molecule has 1 aromatic rings. The lowest BCUT2D eigenvalue weighted by molar-refractivity contribution is -0.387. The van der Waals surface area contributed by atoms with Crippen LogP contribution in [0.25, 0.3) is 0 Å². The molecule has 0 bridgehead atoms. The molecule has 1 rings (SSSR count). The van der Waals surface area contributed by atoms with Gasteiger partial charge in [-0.2, -0.15) is 9.38 Å². The quantitative estimate of drug-likeness (QED) is 0.316. The molecule has 1 aromatic carbocycles. The third kappa shape index (κ3) is 1.78. The van der Waals surface area contributed by atoms with Crippen LogP contribution >= 0.6 is 0 Å². The van der Waals surface area contributed by atoms with Crippen molar-refractivity contribution in [2.45, 2.75) is 0 Å². The van der Waals surface area contributed by atoms with Crippen molar-refractivity contribution in [2.24, 2.45) is 4.99 Å². The molecule has 0 aliphatic carbocycles. The lowest BCUT2D eigenvalue weighted by Gasteiger charge is -1.96. The van der Waals surface area contributed by atoms with Crippen LogP contribution in [-0.2, 0) is 4.79 Å². The first-order valence-electron chi connectivity index (χ1n) is 3.27. The molecule has 0 spiro atoms. The minimum absolute atomic E-state index is 0.402. The minimum Gasteiger partial charge on any atom is -0.258 e. The van der Waals surface area contributed by atoms with E-state index in [1.54, 1.807) is 0 Å². The van der Waals surface area contributed by atoms with Crippen LogP contribution in [0.15, 0.2) is 17.1 Å². The molecule has 7 heteroatoms. The highest BCUT2D eigenvalue weighted by molar-refractivity contribution is 5.55. The summed E-state index contributed by atoms with van der Waals surface area (Å²) >= 11 is 0. The van der Waals surface area contributed by atoms with Gasteiger partial charge in [-0.3, -0.25) is 10.1 Å². The first-order chi connectivity index (χ1) is 6.56. The fraction of sp³-hybridized carbons (Fsp3) is 0. The molecule has 14 heavy (non-hydrogen) atoms. The van der Waals surface area contributed by atoms with Crippen LogP contribution in [0.4, 0.5) is 20.2 Å². The van der Waals surface area contributed by atoms with Gasteiger partial charge in [-0.05, 0) is 0 Å². The Balaban J connectivity index is 3.46. The number of halogens is 2. The van der Waals surface area contributed by atoms with Gasteiger partial charge in [0.15, 0.2) is 0 Å². The van der Waals surface area contributed by atoms with Crippen LogP contribution in [0.3, 0.4) is 0 Å². The van der Waals surface area contributed by atoms with Crippen molar-refractivity contribution < 1.29 is 18.5 Å². The number of nitro groups is 1. The molecular formula is C7H2F2N2O3. The first kappa shape index (κ1) is 9.94. The highest BCUT2D eigenvalue weighted by Crippen LogP contribution is 2.27. The second kappa shape index (κ2) is 3.71. The van der Waals surface area contributed by atoms with E-state index >= 15 is 0 Å². The lowest BCUT2D eigenvalue weighted by Crippen LogP contribution is -1.93. The van der Waals surface area contributed by atoms with Gasteiger partial charge >= 0.3 is 5.69 Å². The zero-order valence-electron chi connectivity index (χ0n) is 6.53. The molecule has 0 aliphatic heterocycles. The highest BCUT2D eigenvalue weighted by Gasteiger charge is 2.19. The molecule has 0 saturated heterocycles. The Morgan fingerprint density at radius 3 is 2.57 bits per heavy atom. The Bertz CT molecular complexity index is 418. The Kier molecular flexibility index (Phi) is 2.64. The third-order valence-electron chi connectivity index (χ3n) is 1.36. The van der Waals surface area contributed by atoms with Crippen LogP contribution in [0, 0.1) is 21.7 Å². The SMILES string of the molecule is O=C=Nc1cc(F)cc([N+](=O)[O-])c1F. The standard InChI is InChI=1S/C7H2F2N2O3/c8-4-1-5(10-3-12)7(9)6(2-4)11(13)14/h1-2H. The maximum absolute atomic E-state index is 13.0. The summed E-state index contributed by atoms with van der Waals surface area (Å²) in [5.74, 6) is -2.41. The normalized spacial score (nSPS) is 9.29. The van der Waals surface area contributed by atoms with Crippen molar-refractivity contribution >= 4 is 17.5 Å². The van der Waals surface area contributed by atoms with E-state index in [-0.39, 0.29) is 0 Å². The summed E-state index contributed by atoms with van der Waals surface area (Å²) in [6.45, 7) is 0. The topological polar surface area (TPSA) is 72.6 Å². The maximum atomic E-state index is 13.0. The molecule has 0 amide bonds. The van der Waals surface area contributed by atoms with E-state index in [9.17, 15) is 23.7 Å². The number of isocyanates is 1. The Morgan fingerprint density at radius 1 is 1.43 bits per heavy atom. The number of nitro benzene ring substituents is 1. The predicted molar refractivity (Wildman–Crippen MR) is 40.8 cm³/mol. The zero-order chi connectivity index (χ0) is 10.7. The fourth-order valence-corrected chi connectivity index (χ4v) is 0.824. The Hall–Kier alpha value is -2.14. The summed E-state index contributed by atoms with van der Waals surface area (Å²) < 4.78 is 25.6. The number of nitrogens with zero attached hydrogens (tertiary/aromatic N) is 2. The molecule has 0 atom stereocenters. The monoisotopic (exact) mass is 200 g/mol. The van der Waals surface area contributed by atoms with E-state index in [2.05, 4.69) is 4.99 Å². The van der Waals surface area contributed by atoms with Gasteiger partial charge in [0.2, 0.25) is 11.9 Å². The van der Waals surface area contributed by atoms with Gasteiger partial charge in [-0.1, -0.05) is 0 Å². The zero-order valence-corrected chi connectivity index (χ0v) is 6.53. The molecule has 0 aromatic heterocycles. The largest absolute Gasteiger partial charge is 0.310 e. The molecule has 0 radical (unpaired) electrons. The second-order valence-electron chi connectivity index (χ2n) is 2.22. The van der Waals surface area contributed by atoms with Crippen LogP contribution in [0.5, 0.6) is 0 Å². The predicted octanol–water partition coefficient (Wildman–Crippen LogP) is 1.84. The number of rotatable bonds is 2. The summed E-state index contributed by atoms with van der Waals surface area (Å²) in [6.07, 6.45) is 0.964. The molecular weight excluding hydrogens is 198 g/mol. The van der Waals surface area contributed by atoms with Crippen molar-refractivity contribution in [1.82, 2.24) is 0 Å². The highest BCUT2D eigenvalue weighted by atomic mass is 19.1. The van der Waals surface area contributed by atoms with Crippen molar-refractivity contribution in [3.8, 4) is 0 Å². The van der Waals surface area contributed by atoms with E-state index in [4.69, 9.17) is 0 Å². The van der Waals surface area contributed by atoms with Gasteiger partial charge in [0.1, 0.15) is 11.5 Å². The Labute approximate surface area is 75.8 Å². The van der Waals surface area contributed by atoms with Crippen LogP contribution in [0.2, 0.25) is 0 Å². The summed E-state index contributed by atoms with van der Waals surface area (Å²) in [5, 5.41) is 10.2. The van der Waals surface area contributed by atoms with Crippen molar-refractivity contribution in [1.29, 1.82) is 0 Å². The molecule has 0 saturated carbocycles. The average Bonchev–Trinajstić information content (AvgIpc) is 2.10. The second-order valence-corrected chi connectivity index (χ2v) is 2.22. The smallest absolute Gasteiger partial charge is 0.258 e. The Morgan fingerprint density at radius 2 is 2.07 bits per heavy atom. The van der Waals surface area contributed by atoms with Crippen molar-refractivity contribution in [2.75, 3.05) is 0 Å². The number of aliphatic imine (C=N–C) groups is 1. The molecule has 0 unspecified atom stereocenters. The third-order valence-corrected chi connectivity index (χ3v) is 1.36. The maximum Gasteiger partial charge on any atom is 0.310 e. The van der Waals surface area contributed by atoms with Crippen LogP contribution in [0.1, 0.15) is 0 Å². The van der Waals surface area contributed by atoms with Crippen molar-refractivity contribution in [3.63, 3.8) is 0 Å². The molecule has 0 aliphatic rings. The summed E-state index contributed by atoms with van der Waals surface area (Å²) in [6, 6.07) is 0.965. The number of hydrogen-bond acceptors (Lipinski definition) is 4. The number of benzene rings is 1. The molecule has 72 valence electrons. The fourth-order valence-electron chi connectivity index (χ4n) is 0.824. The summed E-state index contributed by atoms with van der Waals surface area (Å²) in [4.78, 5) is 21.6. The van der Waals surface area contributed by atoms with Crippen LogP contribution < -0.4 is 0 Å². The minimum atomic E-state index is -1.36. The van der Waals surface area contributed by atoms with Gasteiger partial charge in [-0.25, -0.2) is 9.18 Å². The van der Waals surface area contributed by atoms with Gasteiger partial charge in [-0.15, -0.1) is 0 Å². The van der Waals surface area contributed by atoms with E-state index in [1.807, 2.05) is 0 Å². The van der Waals surface area contributed by atoms with Gasteiger partial charge < -0.3 is 0 Å². The summed E-state index contributed by atoms with van der Waals surface area (Å²) in [7, 11) is 0. The average molecular weight is 200 g/mol. The number of hydrogen-bond donors (Lipinski definition) is 0. The lowest BCUT2D eigenvalue weighted by atomic mass is 10.2. The van der Waals surface area contributed by atoms with E-state index < -0.39 is 27.9 Å². The first-order valence-corrected chi connectivity index (χ1v) is 3.27.